The minimum atomic E-state index is -0.0871. The number of benzene rings is 1. The van der Waals surface area contributed by atoms with Crippen molar-refractivity contribution in [3.05, 3.63) is 28.2 Å². The van der Waals surface area contributed by atoms with E-state index in [-0.39, 0.29) is 17.3 Å². The summed E-state index contributed by atoms with van der Waals surface area (Å²) in [6.45, 7) is 9.32. The fourth-order valence-corrected chi connectivity index (χ4v) is 2.98. The van der Waals surface area contributed by atoms with E-state index in [2.05, 4.69) is 48.9 Å². The van der Waals surface area contributed by atoms with Crippen LogP contribution in [0.15, 0.2) is 22.7 Å². The van der Waals surface area contributed by atoms with Crippen molar-refractivity contribution in [3.8, 4) is 5.75 Å². The highest BCUT2D eigenvalue weighted by Gasteiger charge is 2.10. The molecule has 1 amide bonds. The smallest absolute Gasteiger partial charge is 0.257 e. The molecule has 118 valence electrons. The number of carbonyl (C=O) groups is 1. The molecule has 0 unspecified atom stereocenters. The summed E-state index contributed by atoms with van der Waals surface area (Å²) in [6, 6.07) is 5.93. The van der Waals surface area contributed by atoms with Crippen LogP contribution in [0.25, 0.3) is 0 Å². The van der Waals surface area contributed by atoms with E-state index in [0.717, 1.165) is 16.6 Å². The number of thioether (sulfide) groups is 1. The van der Waals surface area contributed by atoms with Gasteiger partial charge in [-0.1, -0.05) is 33.8 Å². The van der Waals surface area contributed by atoms with Crippen molar-refractivity contribution in [1.29, 1.82) is 0 Å². The van der Waals surface area contributed by atoms with Gasteiger partial charge >= 0.3 is 0 Å². The second kappa shape index (κ2) is 8.69. The summed E-state index contributed by atoms with van der Waals surface area (Å²) in [5.74, 6) is 1.52. The van der Waals surface area contributed by atoms with Gasteiger partial charge in [0.1, 0.15) is 5.75 Å². The lowest BCUT2D eigenvalue weighted by Gasteiger charge is -2.17. The first kappa shape index (κ1) is 18.4. The zero-order chi connectivity index (χ0) is 15.9. The fourth-order valence-electron chi connectivity index (χ4n) is 1.62. The molecule has 0 spiro atoms. The third-order valence-corrected chi connectivity index (χ3v) is 4.62. The lowest BCUT2D eigenvalue weighted by molar-refractivity contribution is -0.122. The Hall–Kier alpha value is -0.680. The Bertz CT molecular complexity index is 472. The number of nitrogens with one attached hydrogen (secondary N) is 1. The van der Waals surface area contributed by atoms with Crippen molar-refractivity contribution >= 4 is 33.6 Å². The molecule has 1 aromatic carbocycles. The Morgan fingerprint density at radius 1 is 1.38 bits per heavy atom. The van der Waals surface area contributed by atoms with Gasteiger partial charge in [0.25, 0.3) is 5.91 Å². The Morgan fingerprint density at radius 3 is 2.67 bits per heavy atom. The summed E-state index contributed by atoms with van der Waals surface area (Å²) in [5.41, 5.74) is 1.23. The molecule has 0 aliphatic rings. The predicted molar refractivity (Wildman–Crippen MR) is 94.2 cm³/mol. The van der Waals surface area contributed by atoms with E-state index in [1.54, 1.807) is 0 Å². The quantitative estimate of drug-likeness (QED) is 0.732. The van der Waals surface area contributed by atoms with Gasteiger partial charge in [0.2, 0.25) is 0 Å². The highest BCUT2D eigenvalue weighted by atomic mass is 79.9. The average molecular weight is 374 g/mol. The Morgan fingerprint density at radius 2 is 2.10 bits per heavy atom. The molecule has 0 saturated heterocycles. The van der Waals surface area contributed by atoms with Gasteiger partial charge in [-0.2, -0.15) is 11.8 Å². The molecular formula is C16H24BrNO2S. The van der Waals surface area contributed by atoms with E-state index >= 15 is 0 Å². The number of hydrogen-bond donors (Lipinski definition) is 1. The molecule has 0 bridgehead atoms. The molecule has 0 atom stereocenters. The van der Waals surface area contributed by atoms with E-state index in [4.69, 9.17) is 4.74 Å². The van der Waals surface area contributed by atoms with Gasteiger partial charge in [-0.25, -0.2) is 0 Å². The van der Waals surface area contributed by atoms with E-state index in [1.165, 1.54) is 5.56 Å². The molecule has 0 aliphatic heterocycles. The van der Waals surface area contributed by atoms with Crippen molar-refractivity contribution in [2.45, 2.75) is 38.9 Å². The highest BCUT2D eigenvalue weighted by Crippen LogP contribution is 2.26. The third kappa shape index (κ3) is 7.77. The van der Waals surface area contributed by atoms with Gasteiger partial charge in [-0.3, -0.25) is 4.79 Å². The van der Waals surface area contributed by atoms with Crippen molar-refractivity contribution < 1.29 is 9.53 Å². The second-order valence-corrected chi connectivity index (χ2v) is 8.49. The van der Waals surface area contributed by atoms with Gasteiger partial charge < -0.3 is 10.1 Å². The van der Waals surface area contributed by atoms with Crippen LogP contribution in [0.2, 0.25) is 0 Å². The highest BCUT2D eigenvalue weighted by molar-refractivity contribution is 9.10. The number of amides is 1. The molecule has 0 fully saturated rings. The number of halogens is 1. The Kier molecular flexibility index (Phi) is 7.60. The van der Waals surface area contributed by atoms with Crippen LogP contribution in [-0.2, 0) is 11.2 Å². The van der Waals surface area contributed by atoms with Crippen LogP contribution in [0.1, 0.15) is 33.3 Å². The number of aryl methyl sites for hydroxylation is 1. The maximum atomic E-state index is 11.7. The van der Waals surface area contributed by atoms with Crippen molar-refractivity contribution in [2.75, 3.05) is 18.9 Å². The zero-order valence-corrected chi connectivity index (χ0v) is 15.6. The topological polar surface area (TPSA) is 38.3 Å². The first-order valence-electron chi connectivity index (χ1n) is 7.13. The molecule has 0 heterocycles. The van der Waals surface area contributed by atoms with Gasteiger partial charge in [-0.15, -0.1) is 0 Å². The molecule has 0 aromatic heterocycles. The monoisotopic (exact) mass is 373 g/mol. The van der Waals surface area contributed by atoms with Crippen LogP contribution < -0.4 is 10.1 Å². The molecule has 1 rings (SSSR count). The average Bonchev–Trinajstić information content (AvgIpc) is 2.41. The summed E-state index contributed by atoms with van der Waals surface area (Å²) in [4.78, 5) is 11.7. The second-order valence-electron chi connectivity index (χ2n) is 5.72. The van der Waals surface area contributed by atoms with E-state index in [1.807, 2.05) is 30.0 Å². The minimum Gasteiger partial charge on any atom is -0.483 e. The van der Waals surface area contributed by atoms with Crippen LogP contribution in [0.3, 0.4) is 0 Å². The van der Waals surface area contributed by atoms with Gasteiger partial charge in [0.15, 0.2) is 6.61 Å². The SMILES string of the molecule is CCc1ccc(OCC(=O)NCCSC(C)(C)C)c(Br)c1. The molecular weight excluding hydrogens is 350 g/mol. The normalized spacial score (nSPS) is 11.3. The van der Waals surface area contributed by atoms with Crippen LogP contribution in [0.4, 0.5) is 0 Å². The third-order valence-electron chi connectivity index (χ3n) is 2.72. The molecule has 3 nitrogen and oxygen atoms in total. The molecule has 0 saturated carbocycles. The molecule has 0 aliphatic carbocycles. The zero-order valence-electron chi connectivity index (χ0n) is 13.2. The molecule has 21 heavy (non-hydrogen) atoms. The Labute approximate surface area is 140 Å². The first-order chi connectivity index (χ1) is 9.81. The lowest BCUT2D eigenvalue weighted by atomic mass is 10.2. The largest absolute Gasteiger partial charge is 0.483 e. The molecule has 5 heteroatoms. The van der Waals surface area contributed by atoms with E-state index in [9.17, 15) is 4.79 Å². The summed E-state index contributed by atoms with van der Waals surface area (Å²) in [7, 11) is 0. The minimum absolute atomic E-state index is 0.0459. The first-order valence-corrected chi connectivity index (χ1v) is 8.91. The van der Waals surface area contributed by atoms with E-state index in [0.29, 0.717) is 12.3 Å². The maximum Gasteiger partial charge on any atom is 0.257 e. The maximum absolute atomic E-state index is 11.7. The molecule has 0 radical (unpaired) electrons. The van der Waals surface area contributed by atoms with E-state index < -0.39 is 0 Å². The summed E-state index contributed by atoms with van der Waals surface area (Å²) in [5, 5.41) is 2.87. The van der Waals surface area contributed by atoms with Crippen LogP contribution in [0.5, 0.6) is 5.75 Å². The predicted octanol–water partition coefficient (Wildman–Crippen LogP) is 4.04. The Balaban J connectivity index is 2.30. The van der Waals surface area contributed by atoms with Gasteiger partial charge in [-0.05, 0) is 40.0 Å². The van der Waals surface area contributed by atoms with Crippen LogP contribution >= 0.6 is 27.7 Å². The summed E-state index contributed by atoms with van der Waals surface area (Å²) >= 11 is 5.30. The lowest BCUT2D eigenvalue weighted by Crippen LogP contribution is -2.31. The van der Waals surface area contributed by atoms with Crippen LogP contribution in [-0.4, -0.2) is 29.6 Å². The molecule has 1 aromatic rings. The number of carbonyl (C=O) groups excluding carboxylic acids is 1. The number of rotatable bonds is 7. The number of hydrogen-bond acceptors (Lipinski definition) is 3. The summed E-state index contributed by atoms with van der Waals surface area (Å²) < 4.78 is 6.65. The van der Waals surface area contributed by atoms with Crippen LogP contribution in [0, 0.1) is 0 Å². The molecule has 1 N–H and O–H groups in total. The fraction of sp³-hybridized carbons (Fsp3) is 0.562. The van der Waals surface area contributed by atoms with Gasteiger partial charge in [0.05, 0.1) is 4.47 Å². The van der Waals surface area contributed by atoms with Gasteiger partial charge in [0, 0.05) is 17.0 Å². The standard InChI is InChI=1S/C16H24BrNO2S/c1-5-12-6-7-14(13(17)10-12)20-11-15(19)18-8-9-21-16(2,3)4/h6-7,10H,5,8-9,11H2,1-4H3,(H,18,19). The van der Waals surface area contributed by atoms with Crippen molar-refractivity contribution in [3.63, 3.8) is 0 Å². The summed E-state index contributed by atoms with van der Waals surface area (Å²) in [6.07, 6.45) is 0.977. The van der Waals surface area contributed by atoms with Crippen molar-refractivity contribution in [2.24, 2.45) is 0 Å². The van der Waals surface area contributed by atoms with Crippen molar-refractivity contribution in [1.82, 2.24) is 5.32 Å². The number of ether oxygens (including phenoxy) is 1.